The van der Waals surface area contributed by atoms with Crippen LogP contribution in [-0.2, 0) is 14.3 Å². The molecular formula is C20H19N3O4. The van der Waals surface area contributed by atoms with Gasteiger partial charge in [0.15, 0.2) is 6.61 Å². The molecule has 3 rings (SSSR count). The van der Waals surface area contributed by atoms with Crippen LogP contribution in [0, 0.1) is 0 Å². The zero-order chi connectivity index (χ0) is 19.1. The number of aromatic nitrogens is 2. The van der Waals surface area contributed by atoms with Gasteiger partial charge in [-0.05, 0) is 24.1 Å². The topological polar surface area (TPSA) is 94.3 Å². The molecule has 3 aromatic rings. The van der Waals surface area contributed by atoms with Crippen molar-refractivity contribution in [2.24, 2.45) is 0 Å². The third-order valence-corrected chi connectivity index (χ3v) is 3.93. The van der Waals surface area contributed by atoms with E-state index in [9.17, 15) is 9.59 Å². The van der Waals surface area contributed by atoms with Gasteiger partial charge in [0.25, 0.3) is 5.91 Å². The number of nitrogens with zero attached hydrogens (tertiary/aromatic N) is 2. The molecule has 138 valence electrons. The molecule has 7 heteroatoms. The van der Waals surface area contributed by atoms with Gasteiger partial charge >= 0.3 is 12.0 Å². The molecule has 1 aromatic heterocycles. The first-order valence-electron chi connectivity index (χ1n) is 8.57. The van der Waals surface area contributed by atoms with Crippen LogP contribution in [0.5, 0.6) is 0 Å². The highest BCUT2D eigenvalue weighted by atomic mass is 16.5. The molecule has 0 aliphatic rings. The minimum absolute atomic E-state index is 0.0509. The molecule has 0 bridgehead atoms. The first-order valence-corrected chi connectivity index (χ1v) is 8.57. The number of nitrogens with one attached hydrogen (secondary N) is 1. The summed E-state index contributed by atoms with van der Waals surface area (Å²) in [5.74, 6) is -1.12. The number of esters is 1. The van der Waals surface area contributed by atoms with E-state index >= 15 is 0 Å². The number of benzene rings is 2. The molecule has 7 nitrogen and oxygen atoms in total. The first kappa shape index (κ1) is 18.3. The number of ether oxygens (including phenoxy) is 1. The lowest BCUT2D eigenvalue weighted by molar-refractivity contribution is -0.149. The van der Waals surface area contributed by atoms with Gasteiger partial charge < -0.3 is 9.15 Å². The Morgan fingerprint density at radius 1 is 1.04 bits per heavy atom. The Bertz CT molecular complexity index is 894. The zero-order valence-electron chi connectivity index (χ0n) is 14.8. The summed E-state index contributed by atoms with van der Waals surface area (Å²) in [4.78, 5) is 24.3. The lowest BCUT2D eigenvalue weighted by atomic mass is 9.97. The quantitative estimate of drug-likeness (QED) is 0.645. The highest BCUT2D eigenvalue weighted by molar-refractivity contribution is 5.91. The zero-order valence-corrected chi connectivity index (χ0v) is 14.8. The molecule has 1 heterocycles. The molecule has 0 spiro atoms. The highest BCUT2D eigenvalue weighted by Crippen LogP contribution is 2.21. The van der Waals surface area contributed by atoms with Crippen LogP contribution in [0.2, 0.25) is 0 Å². The standard InChI is InChI=1S/C20H19N3O4/c1-2-16(14-9-5-3-6-10-14)19(25)26-13-17(24)21-20-23-22-18(27-20)15-11-7-4-8-12-15/h3-12,16H,2,13H2,1H3,(H,21,23,24)/t16-/m1/s1. The molecule has 0 unspecified atom stereocenters. The maximum atomic E-state index is 12.3. The van der Waals surface area contributed by atoms with Gasteiger partial charge in [0.2, 0.25) is 5.89 Å². The van der Waals surface area contributed by atoms with E-state index < -0.39 is 24.4 Å². The van der Waals surface area contributed by atoms with Crippen LogP contribution in [-0.4, -0.2) is 28.7 Å². The van der Waals surface area contributed by atoms with Crippen LogP contribution in [0.4, 0.5) is 6.01 Å². The second-order valence-electron chi connectivity index (χ2n) is 5.81. The lowest BCUT2D eigenvalue weighted by Gasteiger charge is -2.14. The number of carbonyl (C=O) groups is 2. The largest absolute Gasteiger partial charge is 0.455 e. The van der Waals surface area contributed by atoms with Gasteiger partial charge in [-0.2, -0.15) is 0 Å². The summed E-state index contributed by atoms with van der Waals surface area (Å²) in [6.07, 6.45) is 0.578. The summed E-state index contributed by atoms with van der Waals surface area (Å²) < 4.78 is 10.5. The van der Waals surface area contributed by atoms with E-state index in [1.165, 1.54) is 0 Å². The third kappa shape index (κ3) is 4.78. The Balaban J connectivity index is 1.54. The van der Waals surface area contributed by atoms with E-state index in [0.717, 1.165) is 11.1 Å². The number of rotatable bonds is 7. The van der Waals surface area contributed by atoms with Gasteiger partial charge in [0.1, 0.15) is 0 Å². The normalized spacial score (nSPS) is 11.6. The molecule has 27 heavy (non-hydrogen) atoms. The van der Waals surface area contributed by atoms with Crippen LogP contribution in [0.25, 0.3) is 11.5 Å². The summed E-state index contributed by atoms with van der Waals surface area (Å²) in [6.45, 7) is 1.47. The first-order chi connectivity index (χ1) is 13.2. The fourth-order valence-electron chi connectivity index (χ4n) is 2.59. The summed E-state index contributed by atoms with van der Waals surface area (Å²) in [7, 11) is 0. The van der Waals surface area contributed by atoms with Crippen molar-refractivity contribution in [3.8, 4) is 11.5 Å². The van der Waals surface area contributed by atoms with E-state index in [0.29, 0.717) is 6.42 Å². The Labute approximate surface area is 156 Å². The van der Waals surface area contributed by atoms with Crippen LogP contribution >= 0.6 is 0 Å². The summed E-state index contributed by atoms with van der Waals surface area (Å²) in [5.41, 5.74) is 1.60. The Hall–Kier alpha value is -3.48. The van der Waals surface area contributed by atoms with Crippen LogP contribution < -0.4 is 5.32 Å². The smallest absolute Gasteiger partial charge is 0.322 e. The second kappa shape index (κ2) is 8.75. The number of hydrogen-bond donors (Lipinski definition) is 1. The van der Waals surface area contributed by atoms with Crippen LogP contribution in [0.3, 0.4) is 0 Å². The molecule has 1 N–H and O–H groups in total. The van der Waals surface area contributed by atoms with Crippen molar-refractivity contribution in [2.75, 3.05) is 11.9 Å². The Morgan fingerprint density at radius 3 is 2.37 bits per heavy atom. The molecule has 0 aliphatic heterocycles. The monoisotopic (exact) mass is 365 g/mol. The number of carbonyl (C=O) groups excluding carboxylic acids is 2. The maximum Gasteiger partial charge on any atom is 0.322 e. The summed E-state index contributed by atoms with van der Waals surface area (Å²) in [5, 5.41) is 10.1. The predicted molar refractivity (Wildman–Crippen MR) is 98.8 cm³/mol. The number of anilines is 1. The number of hydrogen-bond acceptors (Lipinski definition) is 6. The molecule has 0 aliphatic carbocycles. The van der Waals surface area contributed by atoms with E-state index in [2.05, 4.69) is 15.5 Å². The summed E-state index contributed by atoms with van der Waals surface area (Å²) >= 11 is 0. The fourth-order valence-corrected chi connectivity index (χ4v) is 2.59. The van der Waals surface area contributed by atoms with Gasteiger partial charge in [-0.25, -0.2) is 0 Å². The molecule has 0 radical (unpaired) electrons. The number of amides is 1. The molecule has 0 saturated carbocycles. The van der Waals surface area contributed by atoms with Gasteiger partial charge in [-0.3, -0.25) is 14.9 Å². The average molecular weight is 365 g/mol. The van der Waals surface area contributed by atoms with Crippen molar-refractivity contribution in [1.82, 2.24) is 10.2 Å². The molecule has 1 atom stereocenters. The predicted octanol–water partition coefficient (Wildman–Crippen LogP) is 3.41. The van der Waals surface area contributed by atoms with Crippen LogP contribution in [0.15, 0.2) is 65.1 Å². The van der Waals surface area contributed by atoms with Crippen molar-refractivity contribution in [3.05, 3.63) is 66.2 Å². The van der Waals surface area contributed by atoms with Gasteiger partial charge in [0.05, 0.1) is 5.92 Å². The van der Waals surface area contributed by atoms with Gasteiger partial charge in [-0.1, -0.05) is 60.6 Å². The molecule has 2 aromatic carbocycles. The van der Waals surface area contributed by atoms with Gasteiger partial charge in [0, 0.05) is 5.56 Å². The third-order valence-electron chi connectivity index (χ3n) is 3.93. The van der Waals surface area contributed by atoms with Crippen molar-refractivity contribution >= 4 is 17.9 Å². The summed E-state index contributed by atoms with van der Waals surface area (Å²) in [6, 6.07) is 18.4. The molecule has 1 amide bonds. The second-order valence-corrected chi connectivity index (χ2v) is 5.81. The van der Waals surface area contributed by atoms with E-state index in [-0.39, 0.29) is 11.9 Å². The van der Waals surface area contributed by atoms with E-state index in [1.54, 1.807) is 0 Å². The minimum Gasteiger partial charge on any atom is -0.455 e. The Morgan fingerprint density at radius 2 is 1.70 bits per heavy atom. The van der Waals surface area contributed by atoms with Crippen molar-refractivity contribution in [2.45, 2.75) is 19.3 Å². The molecular weight excluding hydrogens is 346 g/mol. The van der Waals surface area contributed by atoms with Gasteiger partial charge in [-0.15, -0.1) is 5.10 Å². The fraction of sp³-hybridized carbons (Fsp3) is 0.200. The minimum atomic E-state index is -0.547. The highest BCUT2D eigenvalue weighted by Gasteiger charge is 2.21. The van der Waals surface area contributed by atoms with E-state index in [1.807, 2.05) is 67.6 Å². The van der Waals surface area contributed by atoms with Crippen molar-refractivity contribution < 1.29 is 18.7 Å². The lowest BCUT2D eigenvalue weighted by Crippen LogP contribution is -2.24. The molecule has 0 saturated heterocycles. The van der Waals surface area contributed by atoms with Crippen molar-refractivity contribution in [3.63, 3.8) is 0 Å². The Kier molecular flexibility index (Phi) is 5.94. The maximum absolute atomic E-state index is 12.3. The SMILES string of the molecule is CC[C@@H](C(=O)OCC(=O)Nc1nnc(-c2ccccc2)o1)c1ccccc1. The molecule has 0 fully saturated rings. The van der Waals surface area contributed by atoms with Crippen LogP contribution in [0.1, 0.15) is 24.8 Å². The van der Waals surface area contributed by atoms with E-state index in [4.69, 9.17) is 9.15 Å². The van der Waals surface area contributed by atoms with Crippen molar-refractivity contribution in [1.29, 1.82) is 0 Å². The average Bonchev–Trinajstić information content (AvgIpc) is 3.17.